The lowest BCUT2D eigenvalue weighted by Gasteiger charge is -2.10. The summed E-state index contributed by atoms with van der Waals surface area (Å²) in [6, 6.07) is 12.1. The summed E-state index contributed by atoms with van der Waals surface area (Å²) in [4.78, 5) is 24.4. The van der Waals surface area contributed by atoms with Crippen LogP contribution in [0.4, 0.5) is 5.69 Å². The van der Waals surface area contributed by atoms with Crippen LogP contribution in [0, 0.1) is 17.2 Å². The number of ketones is 1. The molecule has 116 valence electrons. The quantitative estimate of drug-likeness (QED) is 0.634. The SMILES string of the molecule is N#CC(C(=O)Nc1ccc(Cl)c(Cl)c1)C(=O)c1ccc(Cl)cc1. The Morgan fingerprint density at radius 1 is 1.00 bits per heavy atom. The summed E-state index contributed by atoms with van der Waals surface area (Å²) < 4.78 is 0. The first-order chi connectivity index (χ1) is 10.9. The van der Waals surface area contributed by atoms with Gasteiger partial charge in [0, 0.05) is 16.3 Å². The predicted octanol–water partition coefficient (Wildman–Crippen LogP) is 4.61. The number of carbonyl (C=O) groups is 2. The predicted molar refractivity (Wildman–Crippen MR) is 90.0 cm³/mol. The maximum Gasteiger partial charge on any atom is 0.249 e. The van der Waals surface area contributed by atoms with Gasteiger partial charge < -0.3 is 5.32 Å². The Hall–Kier alpha value is -2.06. The molecule has 1 unspecified atom stereocenters. The molecule has 1 N–H and O–H groups in total. The van der Waals surface area contributed by atoms with Gasteiger partial charge in [-0.05, 0) is 42.5 Å². The van der Waals surface area contributed by atoms with Crippen LogP contribution in [0.2, 0.25) is 15.1 Å². The molecule has 2 rings (SSSR count). The zero-order valence-corrected chi connectivity index (χ0v) is 13.8. The topological polar surface area (TPSA) is 70.0 Å². The molecule has 23 heavy (non-hydrogen) atoms. The van der Waals surface area contributed by atoms with Crippen LogP contribution in [-0.4, -0.2) is 11.7 Å². The van der Waals surface area contributed by atoms with Gasteiger partial charge in [-0.1, -0.05) is 34.8 Å². The van der Waals surface area contributed by atoms with E-state index in [1.807, 2.05) is 0 Å². The smallest absolute Gasteiger partial charge is 0.249 e. The highest BCUT2D eigenvalue weighted by molar-refractivity contribution is 6.42. The Kier molecular flexibility index (Phi) is 5.62. The molecule has 0 spiro atoms. The van der Waals surface area contributed by atoms with E-state index in [4.69, 9.17) is 40.1 Å². The van der Waals surface area contributed by atoms with Crippen LogP contribution < -0.4 is 5.32 Å². The summed E-state index contributed by atoms with van der Waals surface area (Å²) in [5.41, 5.74) is 0.568. The molecule has 0 aliphatic heterocycles. The molecule has 2 aromatic rings. The molecule has 0 saturated carbocycles. The second-order valence-corrected chi connectivity index (χ2v) is 5.80. The van der Waals surface area contributed by atoms with E-state index in [1.54, 1.807) is 6.07 Å². The van der Waals surface area contributed by atoms with Crippen molar-refractivity contribution >= 4 is 52.2 Å². The lowest BCUT2D eigenvalue weighted by atomic mass is 9.98. The van der Waals surface area contributed by atoms with Crippen LogP contribution in [0.25, 0.3) is 0 Å². The molecule has 2 aromatic carbocycles. The van der Waals surface area contributed by atoms with Crippen LogP contribution in [0.15, 0.2) is 42.5 Å². The molecule has 0 heterocycles. The Morgan fingerprint density at radius 2 is 1.65 bits per heavy atom. The Morgan fingerprint density at radius 3 is 2.22 bits per heavy atom. The maximum absolute atomic E-state index is 12.3. The van der Waals surface area contributed by atoms with Gasteiger partial charge in [0.25, 0.3) is 0 Å². The number of Topliss-reactive ketones (excluding diaryl/α,β-unsaturated/α-hetero) is 1. The highest BCUT2D eigenvalue weighted by Crippen LogP contribution is 2.25. The van der Waals surface area contributed by atoms with Crippen molar-refractivity contribution < 1.29 is 9.59 Å². The fourth-order valence-electron chi connectivity index (χ4n) is 1.81. The average Bonchev–Trinajstić information content (AvgIpc) is 2.52. The molecule has 4 nitrogen and oxygen atoms in total. The molecule has 0 aliphatic carbocycles. The zero-order chi connectivity index (χ0) is 17.0. The number of nitrogens with one attached hydrogen (secondary N) is 1. The normalized spacial score (nSPS) is 11.4. The van der Waals surface area contributed by atoms with E-state index in [-0.39, 0.29) is 10.6 Å². The first kappa shape index (κ1) is 17.3. The van der Waals surface area contributed by atoms with E-state index < -0.39 is 17.6 Å². The minimum absolute atomic E-state index is 0.227. The Bertz CT molecular complexity index is 798. The summed E-state index contributed by atoms with van der Waals surface area (Å²) >= 11 is 17.4. The van der Waals surface area contributed by atoms with E-state index >= 15 is 0 Å². The van der Waals surface area contributed by atoms with E-state index in [9.17, 15) is 9.59 Å². The number of halogens is 3. The first-order valence-electron chi connectivity index (χ1n) is 6.37. The molecule has 0 aliphatic rings. The van der Waals surface area contributed by atoms with E-state index in [0.29, 0.717) is 15.7 Å². The summed E-state index contributed by atoms with van der Waals surface area (Å²) in [5.74, 6) is -2.84. The van der Waals surface area contributed by atoms with Crippen molar-refractivity contribution in [2.75, 3.05) is 5.32 Å². The molecule has 0 fully saturated rings. The van der Waals surface area contributed by atoms with Gasteiger partial charge in [-0.2, -0.15) is 5.26 Å². The molecule has 0 aromatic heterocycles. The summed E-state index contributed by atoms with van der Waals surface area (Å²) in [5, 5.41) is 12.7. The number of nitriles is 1. The van der Waals surface area contributed by atoms with Crippen molar-refractivity contribution in [3.05, 3.63) is 63.1 Å². The maximum atomic E-state index is 12.3. The third-order valence-corrected chi connectivity index (χ3v) is 3.96. The van der Waals surface area contributed by atoms with Crippen molar-refractivity contribution in [1.82, 2.24) is 0 Å². The van der Waals surface area contributed by atoms with Crippen LogP contribution in [0.3, 0.4) is 0 Å². The van der Waals surface area contributed by atoms with Crippen molar-refractivity contribution in [2.45, 2.75) is 0 Å². The van der Waals surface area contributed by atoms with Crippen molar-refractivity contribution in [3.8, 4) is 6.07 Å². The first-order valence-corrected chi connectivity index (χ1v) is 7.51. The van der Waals surface area contributed by atoms with Gasteiger partial charge in [0.15, 0.2) is 11.7 Å². The minimum Gasteiger partial charge on any atom is -0.324 e. The van der Waals surface area contributed by atoms with Crippen molar-refractivity contribution in [2.24, 2.45) is 5.92 Å². The second kappa shape index (κ2) is 7.47. The number of hydrogen-bond acceptors (Lipinski definition) is 3. The van der Waals surface area contributed by atoms with Crippen LogP contribution in [0.5, 0.6) is 0 Å². The zero-order valence-electron chi connectivity index (χ0n) is 11.5. The number of hydrogen-bond donors (Lipinski definition) is 1. The number of rotatable bonds is 4. The van der Waals surface area contributed by atoms with Gasteiger partial charge >= 0.3 is 0 Å². The third-order valence-electron chi connectivity index (χ3n) is 2.97. The van der Waals surface area contributed by atoms with Gasteiger partial charge in [-0.25, -0.2) is 0 Å². The molecule has 0 bridgehead atoms. The molecule has 0 radical (unpaired) electrons. The monoisotopic (exact) mass is 366 g/mol. The lowest BCUT2D eigenvalue weighted by Crippen LogP contribution is -2.28. The van der Waals surface area contributed by atoms with Crippen LogP contribution >= 0.6 is 34.8 Å². The number of anilines is 1. The van der Waals surface area contributed by atoms with Crippen LogP contribution in [-0.2, 0) is 4.79 Å². The number of carbonyl (C=O) groups excluding carboxylic acids is 2. The van der Waals surface area contributed by atoms with Gasteiger partial charge in [-0.15, -0.1) is 0 Å². The molecule has 0 saturated heterocycles. The summed E-state index contributed by atoms with van der Waals surface area (Å²) in [6.45, 7) is 0. The number of nitrogens with zero attached hydrogens (tertiary/aromatic N) is 1. The summed E-state index contributed by atoms with van der Waals surface area (Å²) in [7, 11) is 0. The van der Waals surface area contributed by atoms with E-state index in [0.717, 1.165) is 0 Å². The van der Waals surface area contributed by atoms with E-state index in [2.05, 4.69) is 5.32 Å². The van der Waals surface area contributed by atoms with Crippen LogP contribution in [0.1, 0.15) is 10.4 Å². The number of amides is 1. The molecular formula is C16H9Cl3N2O2. The standard InChI is InChI=1S/C16H9Cl3N2O2/c17-10-3-1-9(2-4-10)15(22)12(8-20)16(23)21-11-5-6-13(18)14(19)7-11/h1-7,12H,(H,21,23). The molecule has 7 heteroatoms. The lowest BCUT2D eigenvalue weighted by molar-refractivity contribution is -0.117. The Labute approximate surface area is 147 Å². The second-order valence-electron chi connectivity index (χ2n) is 4.55. The van der Waals surface area contributed by atoms with Gasteiger partial charge in [0.05, 0.1) is 16.1 Å². The average molecular weight is 368 g/mol. The van der Waals surface area contributed by atoms with Gasteiger partial charge in [-0.3, -0.25) is 9.59 Å². The van der Waals surface area contributed by atoms with Gasteiger partial charge in [0.1, 0.15) is 0 Å². The fourth-order valence-corrected chi connectivity index (χ4v) is 2.23. The number of benzene rings is 2. The largest absolute Gasteiger partial charge is 0.324 e. The fraction of sp³-hybridized carbons (Fsp3) is 0.0625. The highest BCUT2D eigenvalue weighted by atomic mass is 35.5. The Balaban J connectivity index is 2.18. The highest BCUT2D eigenvalue weighted by Gasteiger charge is 2.27. The van der Waals surface area contributed by atoms with Gasteiger partial charge in [0.2, 0.25) is 5.91 Å². The molecule has 1 amide bonds. The molecular weight excluding hydrogens is 359 g/mol. The third kappa shape index (κ3) is 4.23. The minimum atomic E-state index is -1.48. The molecule has 1 atom stereocenters. The summed E-state index contributed by atoms with van der Waals surface area (Å²) in [6.07, 6.45) is 0. The van der Waals surface area contributed by atoms with Crippen molar-refractivity contribution in [3.63, 3.8) is 0 Å². The van der Waals surface area contributed by atoms with Crippen molar-refractivity contribution in [1.29, 1.82) is 5.26 Å². The van der Waals surface area contributed by atoms with E-state index in [1.165, 1.54) is 42.5 Å².